The molecule has 4 unspecified atom stereocenters. The normalized spacial score (nSPS) is 27.2. The molecule has 2 saturated heterocycles. The maximum absolute atomic E-state index is 13.1. The van der Waals surface area contributed by atoms with Gasteiger partial charge in [-0.05, 0) is 44.7 Å². The van der Waals surface area contributed by atoms with Crippen LogP contribution in [0.15, 0.2) is 30.3 Å². The van der Waals surface area contributed by atoms with Crippen LogP contribution < -0.4 is 10.2 Å². The van der Waals surface area contributed by atoms with Crippen molar-refractivity contribution in [2.24, 2.45) is 5.92 Å². The molecule has 0 radical (unpaired) electrons. The number of benzene rings is 1. The summed E-state index contributed by atoms with van der Waals surface area (Å²) >= 11 is 21.9. The van der Waals surface area contributed by atoms with Gasteiger partial charge in [0.15, 0.2) is 0 Å². The van der Waals surface area contributed by atoms with Crippen LogP contribution in [-0.2, 0) is 23.9 Å². The van der Waals surface area contributed by atoms with Gasteiger partial charge in [0.05, 0.1) is 4.75 Å². The molecule has 38 heavy (non-hydrogen) atoms. The largest absolute Gasteiger partial charge is 0.460 e. The zero-order valence-corrected chi connectivity index (χ0v) is 25.2. The molecular formula is C24H27BrCl3N3O6S. The summed E-state index contributed by atoms with van der Waals surface area (Å²) in [5.41, 5.74) is 0.496. The Morgan fingerprint density at radius 1 is 1.26 bits per heavy atom. The van der Waals surface area contributed by atoms with E-state index in [2.05, 4.69) is 21.2 Å². The lowest BCUT2D eigenvalue weighted by atomic mass is 9.96. The van der Waals surface area contributed by atoms with Crippen molar-refractivity contribution in [1.29, 1.82) is 0 Å². The lowest BCUT2D eigenvalue weighted by Gasteiger charge is -2.44. The van der Waals surface area contributed by atoms with Crippen LogP contribution in [0.3, 0.4) is 0 Å². The molecule has 3 fully saturated rings. The summed E-state index contributed by atoms with van der Waals surface area (Å²) in [6.45, 7) is 2.85. The number of nitrogens with zero attached hydrogens (tertiary/aromatic N) is 2. The zero-order chi connectivity index (χ0) is 27.8. The Balaban J connectivity index is 1.43. The summed E-state index contributed by atoms with van der Waals surface area (Å²) in [5.74, 6) is -1.34. The zero-order valence-electron chi connectivity index (χ0n) is 20.6. The molecule has 5 atom stereocenters. The Bertz CT molecular complexity index is 1090. The maximum Gasteiger partial charge on any atom is 0.415 e. The van der Waals surface area contributed by atoms with Gasteiger partial charge in [-0.3, -0.25) is 14.5 Å². The van der Waals surface area contributed by atoms with Gasteiger partial charge >= 0.3 is 12.1 Å². The molecule has 208 valence electrons. The fourth-order valence-electron chi connectivity index (χ4n) is 4.47. The van der Waals surface area contributed by atoms with Crippen molar-refractivity contribution in [2.75, 3.05) is 23.4 Å². The second-order valence-corrected chi connectivity index (χ2v) is 14.4. The van der Waals surface area contributed by atoms with E-state index in [0.717, 1.165) is 12.8 Å². The van der Waals surface area contributed by atoms with E-state index in [1.54, 1.807) is 30.3 Å². The summed E-state index contributed by atoms with van der Waals surface area (Å²) in [4.78, 5) is 54.7. The lowest BCUT2D eigenvalue weighted by molar-refractivity contribution is -0.164. The summed E-state index contributed by atoms with van der Waals surface area (Å²) < 4.78 is 8.24. The first-order valence-electron chi connectivity index (χ1n) is 12.0. The third-order valence-electron chi connectivity index (χ3n) is 6.67. The third-order valence-corrected chi connectivity index (χ3v) is 10.2. The fraction of sp³-hybridized carbons (Fsp3) is 0.583. The highest BCUT2D eigenvalue weighted by Gasteiger charge is 2.65. The number of anilines is 1. The number of nitrogens with one attached hydrogen (secondary N) is 1. The number of rotatable bonds is 9. The molecule has 1 saturated carbocycles. The summed E-state index contributed by atoms with van der Waals surface area (Å²) in [6.07, 6.45) is 1.12. The van der Waals surface area contributed by atoms with E-state index in [4.69, 9.17) is 44.3 Å². The number of alkyl halides is 4. The van der Waals surface area contributed by atoms with Gasteiger partial charge in [-0.15, -0.1) is 11.8 Å². The van der Waals surface area contributed by atoms with Crippen LogP contribution in [0.5, 0.6) is 0 Å². The minimum atomic E-state index is -1.79. The second kappa shape index (κ2) is 11.6. The fourth-order valence-corrected chi connectivity index (χ4v) is 6.95. The second-order valence-electron chi connectivity index (χ2n) is 9.72. The molecule has 9 nitrogen and oxygen atoms in total. The highest BCUT2D eigenvalue weighted by atomic mass is 79.9. The van der Waals surface area contributed by atoms with Crippen LogP contribution in [-0.4, -0.2) is 79.4 Å². The minimum Gasteiger partial charge on any atom is -0.460 e. The molecular weight excluding hydrogens is 645 g/mol. The van der Waals surface area contributed by atoms with Gasteiger partial charge in [-0.2, -0.15) is 0 Å². The number of carbonyl (C=O) groups is 4. The third kappa shape index (κ3) is 6.49. The number of para-hydroxylation sites is 1. The molecule has 14 heteroatoms. The average molecular weight is 672 g/mol. The van der Waals surface area contributed by atoms with Gasteiger partial charge in [0.2, 0.25) is 15.6 Å². The number of esters is 1. The highest BCUT2D eigenvalue weighted by molar-refractivity contribution is 9.09. The van der Waals surface area contributed by atoms with Gasteiger partial charge in [-0.25, -0.2) is 9.59 Å². The molecule has 3 amide bonds. The molecule has 1 N–H and O–H groups in total. The van der Waals surface area contributed by atoms with Gasteiger partial charge < -0.3 is 19.7 Å². The number of amides is 3. The molecule has 1 aromatic carbocycles. The van der Waals surface area contributed by atoms with Crippen molar-refractivity contribution in [3.05, 3.63) is 30.3 Å². The van der Waals surface area contributed by atoms with Crippen LogP contribution in [0.2, 0.25) is 0 Å². The molecule has 1 aromatic rings. The van der Waals surface area contributed by atoms with Crippen LogP contribution in [0.25, 0.3) is 0 Å². The average Bonchev–Trinajstić information content (AvgIpc) is 3.68. The molecule has 0 bridgehead atoms. The number of hydrogen-bond donors (Lipinski definition) is 1. The molecule has 0 spiro atoms. The Morgan fingerprint density at radius 2 is 1.92 bits per heavy atom. The van der Waals surface area contributed by atoms with E-state index in [9.17, 15) is 19.2 Å². The minimum absolute atomic E-state index is 0.256. The van der Waals surface area contributed by atoms with E-state index in [1.807, 2.05) is 13.8 Å². The topological polar surface area (TPSA) is 105 Å². The van der Waals surface area contributed by atoms with Crippen molar-refractivity contribution in [2.45, 2.75) is 58.8 Å². The van der Waals surface area contributed by atoms with Gasteiger partial charge in [0.1, 0.15) is 36.7 Å². The molecule has 1 aliphatic carbocycles. The molecule has 2 heterocycles. The summed E-state index contributed by atoms with van der Waals surface area (Å²) in [7, 11) is 0. The number of hydrogen-bond acceptors (Lipinski definition) is 7. The van der Waals surface area contributed by atoms with Gasteiger partial charge in [0, 0.05) is 11.0 Å². The number of ether oxygens (including phenoxy) is 2. The van der Waals surface area contributed by atoms with E-state index in [0.29, 0.717) is 16.9 Å². The van der Waals surface area contributed by atoms with Crippen molar-refractivity contribution >= 4 is 92.1 Å². The smallest absolute Gasteiger partial charge is 0.415 e. The van der Waals surface area contributed by atoms with Crippen LogP contribution >= 0.6 is 62.5 Å². The van der Waals surface area contributed by atoms with E-state index < -0.39 is 56.5 Å². The lowest BCUT2D eigenvalue weighted by Crippen LogP contribution is -2.71. The predicted molar refractivity (Wildman–Crippen MR) is 150 cm³/mol. The Labute approximate surface area is 248 Å². The number of thioether (sulfide) groups is 1. The van der Waals surface area contributed by atoms with Gasteiger partial charge in [0.25, 0.3) is 0 Å². The number of carbonyl (C=O) groups excluding carboxylic acids is 4. The Kier molecular flexibility index (Phi) is 9.03. The van der Waals surface area contributed by atoms with Crippen molar-refractivity contribution in [1.82, 2.24) is 10.2 Å². The maximum atomic E-state index is 13.1. The first-order chi connectivity index (χ1) is 17.8. The van der Waals surface area contributed by atoms with E-state index in [-0.39, 0.29) is 12.6 Å². The molecule has 2 aliphatic heterocycles. The van der Waals surface area contributed by atoms with Crippen LogP contribution in [0.4, 0.5) is 10.5 Å². The van der Waals surface area contributed by atoms with Crippen molar-refractivity contribution in [3.8, 4) is 0 Å². The number of fused-ring (bicyclic) bond motifs is 1. The quantitative estimate of drug-likeness (QED) is 0.238. The molecule has 4 rings (SSSR count). The van der Waals surface area contributed by atoms with Crippen molar-refractivity contribution in [3.63, 3.8) is 0 Å². The monoisotopic (exact) mass is 669 g/mol. The highest BCUT2D eigenvalue weighted by Crippen LogP contribution is 2.52. The van der Waals surface area contributed by atoms with Crippen LogP contribution in [0, 0.1) is 5.92 Å². The van der Waals surface area contributed by atoms with Crippen LogP contribution in [0.1, 0.15) is 26.7 Å². The van der Waals surface area contributed by atoms with E-state index >= 15 is 0 Å². The van der Waals surface area contributed by atoms with Crippen molar-refractivity contribution < 1.29 is 28.7 Å². The molecule has 3 aliphatic rings. The Morgan fingerprint density at radius 3 is 2.50 bits per heavy atom. The van der Waals surface area contributed by atoms with Gasteiger partial charge in [-0.1, -0.05) is 68.9 Å². The first-order valence-corrected chi connectivity index (χ1v) is 15.1. The van der Waals surface area contributed by atoms with E-state index in [1.165, 1.54) is 21.6 Å². The number of halogens is 4. The molecule has 0 aromatic heterocycles. The summed E-state index contributed by atoms with van der Waals surface area (Å²) in [5, 5.41) is 2.59. The number of β-lactam (4-membered cyclic amide) rings is 1. The first kappa shape index (κ1) is 29.6. The Hall–Kier alpha value is -1.40. The SMILES string of the molecule is CC(OC(=O)N(CC(=O)NC1C(=O)N2C(C(=O)OCC(Cl)(Cl)Cl)C(C)(CBr)S[C@@H]12)c1ccccc1)C1CC1. The predicted octanol–water partition coefficient (Wildman–Crippen LogP) is 4.26. The summed E-state index contributed by atoms with van der Waals surface area (Å²) in [6, 6.07) is 6.89. The standard InChI is InChI=1S/C24H27BrCl3N3O6S/c1-13(14-8-9-14)37-22(35)30(15-6-4-3-5-7-15)10-16(32)29-17-19(33)31-18(21(34)36-12-24(26,27)28)23(2,11-25)38-20(17)31/h3-7,13-14,17-18,20H,8-12H2,1-2H3,(H,29,32)/t13?,17?,18?,20-,23?/m0/s1.